The number of ether oxygens (including phenoxy) is 3. The number of rotatable bonds is 12. The molecule has 0 aliphatic carbocycles. The van der Waals surface area contributed by atoms with Crippen molar-refractivity contribution in [2.24, 2.45) is 10.9 Å². The number of alkyl halides is 1. The van der Waals surface area contributed by atoms with Crippen LogP contribution in [0.4, 0.5) is 19.3 Å². The quantitative estimate of drug-likeness (QED) is 0.0954. The van der Waals surface area contributed by atoms with Crippen LogP contribution in [0.1, 0.15) is 40.2 Å². The number of nitrogens with one attached hydrogen (secondary N) is 1. The molecule has 43 heavy (non-hydrogen) atoms. The predicted molar refractivity (Wildman–Crippen MR) is 172 cm³/mol. The largest absolute Gasteiger partial charge is 0.443 e. The van der Waals surface area contributed by atoms with E-state index < -0.39 is 48.5 Å². The minimum Gasteiger partial charge on any atom is -0.443 e. The van der Waals surface area contributed by atoms with E-state index in [1.165, 1.54) is 36.3 Å². The van der Waals surface area contributed by atoms with Gasteiger partial charge in [-0.2, -0.15) is 0 Å². The summed E-state index contributed by atoms with van der Waals surface area (Å²) in [6.07, 6.45) is 2.24. The Balaban J connectivity index is 2.69. The number of amidine groups is 1. The van der Waals surface area contributed by atoms with Crippen LogP contribution in [0.15, 0.2) is 35.3 Å². The van der Waals surface area contributed by atoms with Crippen LogP contribution in [0.25, 0.3) is 0 Å². The van der Waals surface area contributed by atoms with Crippen LogP contribution in [0.3, 0.4) is 0 Å². The third-order valence-corrected chi connectivity index (χ3v) is 10.2. The molecule has 2 rings (SSSR count). The third-order valence-electron chi connectivity index (χ3n) is 7.08. The number of methoxy groups -OCH3 is 1. The molecule has 13 heteroatoms. The molecule has 1 heterocycles. The number of aliphatic imine (C=N–C) groups is 1. The minimum atomic E-state index is -1.79. The molecular formula is C30H48F2N4O5SSi. The van der Waals surface area contributed by atoms with E-state index in [9.17, 15) is 9.59 Å². The highest BCUT2D eigenvalue weighted by atomic mass is 32.2. The van der Waals surface area contributed by atoms with Crippen LogP contribution in [-0.2, 0) is 24.5 Å². The summed E-state index contributed by atoms with van der Waals surface area (Å²) in [6, 6.07) is 4.79. The molecule has 9 nitrogen and oxygen atoms in total. The van der Waals surface area contributed by atoms with Gasteiger partial charge in [0.25, 0.3) is 0 Å². The molecule has 0 fully saturated rings. The Labute approximate surface area is 260 Å². The van der Waals surface area contributed by atoms with Crippen LogP contribution >= 0.6 is 11.8 Å². The summed E-state index contributed by atoms with van der Waals surface area (Å²) < 4.78 is 46.5. The molecule has 1 aromatic carbocycles. The summed E-state index contributed by atoms with van der Waals surface area (Å²) in [5, 5.41) is 2.80. The summed E-state index contributed by atoms with van der Waals surface area (Å²) in [5.74, 6) is -1.77. The van der Waals surface area contributed by atoms with Crippen molar-refractivity contribution >= 4 is 42.7 Å². The summed E-state index contributed by atoms with van der Waals surface area (Å²) in [4.78, 5) is 32.1. The van der Waals surface area contributed by atoms with Crippen molar-refractivity contribution in [3.8, 4) is 0 Å². The number of nitrogens with two attached hydrogens (primary N) is 1. The van der Waals surface area contributed by atoms with Crippen molar-refractivity contribution in [3.05, 3.63) is 41.7 Å². The van der Waals surface area contributed by atoms with Crippen molar-refractivity contribution in [1.29, 1.82) is 0 Å². The van der Waals surface area contributed by atoms with Gasteiger partial charge in [0.15, 0.2) is 5.17 Å². The van der Waals surface area contributed by atoms with Gasteiger partial charge in [-0.25, -0.2) is 23.5 Å². The van der Waals surface area contributed by atoms with Crippen LogP contribution < -0.4 is 11.1 Å². The van der Waals surface area contributed by atoms with Gasteiger partial charge in [-0.15, -0.1) is 0 Å². The third kappa shape index (κ3) is 10.3. The summed E-state index contributed by atoms with van der Waals surface area (Å²) >= 11 is 1.15. The average molecular weight is 643 g/mol. The van der Waals surface area contributed by atoms with Crippen molar-refractivity contribution in [1.82, 2.24) is 10.2 Å². The number of nitrogen functional groups attached to an aromatic ring is 1. The number of carbonyl (C=O) groups excluding carboxylic acids is 2. The number of halogens is 2. The molecule has 2 amide bonds. The van der Waals surface area contributed by atoms with Gasteiger partial charge >= 0.3 is 6.09 Å². The molecule has 0 bridgehead atoms. The summed E-state index contributed by atoms with van der Waals surface area (Å²) in [6.45, 7) is 15.1. The van der Waals surface area contributed by atoms with E-state index in [2.05, 4.69) is 25.0 Å². The highest BCUT2D eigenvalue weighted by Gasteiger charge is 2.54. The first kappa shape index (κ1) is 36.7. The molecule has 1 aliphatic rings. The van der Waals surface area contributed by atoms with E-state index in [1.54, 1.807) is 40.7 Å². The molecule has 0 aromatic heterocycles. The van der Waals surface area contributed by atoms with Crippen molar-refractivity contribution in [3.63, 3.8) is 0 Å². The van der Waals surface area contributed by atoms with Gasteiger partial charge in [-0.05, 0) is 51.9 Å². The molecule has 0 saturated heterocycles. The summed E-state index contributed by atoms with van der Waals surface area (Å²) in [5.41, 5.74) is 3.58. The monoisotopic (exact) mass is 642 g/mol. The van der Waals surface area contributed by atoms with Gasteiger partial charge in [0.1, 0.15) is 30.4 Å². The second kappa shape index (κ2) is 15.0. The second-order valence-electron chi connectivity index (χ2n) is 13.1. The van der Waals surface area contributed by atoms with E-state index in [-0.39, 0.29) is 29.1 Å². The topological polar surface area (TPSA) is 115 Å². The lowest BCUT2D eigenvalue weighted by atomic mass is 9.73. The first-order chi connectivity index (χ1) is 19.9. The molecule has 0 saturated carbocycles. The maximum absolute atomic E-state index is 15.5. The smallest absolute Gasteiger partial charge is 0.418 e. The number of thioether (sulfide) groups is 1. The SMILES string of the molecule is COCCNC(=O)/C=C/[C@@]1(C)SC(N(COCC[Si](C)(C)C)C(=O)OC(C)(C)C)=N[C@](CF)(c2cc(N)ccc2F)[C@@H]1C. The van der Waals surface area contributed by atoms with Gasteiger partial charge < -0.3 is 25.3 Å². The highest BCUT2D eigenvalue weighted by Crippen LogP contribution is 2.52. The fraction of sp³-hybridized carbons (Fsp3) is 0.633. The van der Waals surface area contributed by atoms with Gasteiger partial charge in [0.2, 0.25) is 5.91 Å². The number of benzene rings is 1. The standard InChI is InChI=1S/C30H48F2N4O5SSi/c1-21-29(5,13-12-25(37)34-14-15-39-6)42-26(35-30(21,19-31)23-18-22(33)10-11-24(23)32)36(27(38)41-28(2,3)4)20-40-16-17-43(7,8)9/h10-13,18,21H,14-17,19-20,33H2,1-9H3,(H,34,37)/b13-12+/t21-,29-,30+/m1/s1. The number of anilines is 1. The molecule has 3 N–H and O–H groups in total. The molecule has 3 atom stereocenters. The van der Waals surface area contributed by atoms with Crippen molar-refractivity contribution < 1.29 is 32.6 Å². The normalized spacial score (nSPS) is 22.8. The van der Waals surface area contributed by atoms with Gasteiger partial charge in [-0.3, -0.25) is 4.79 Å². The Morgan fingerprint density at radius 1 is 1.26 bits per heavy atom. The zero-order valence-corrected chi connectivity index (χ0v) is 28.7. The molecule has 1 aliphatic heterocycles. The average Bonchev–Trinajstić information content (AvgIpc) is 2.89. The van der Waals surface area contributed by atoms with Gasteiger partial charge in [-0.1, -0.05) is 44.4 Å². The molecule has 242 valence electrons. The highest BCUT2D eigenvalue weighted by molar-refractivity contribution is 8.15. The lowest BCUT2D eigenvalue weighted by Crippen LogP contribution is -2.53. The Morgan fingerprint density at radius 3 is 2.51 bits per heavy atom. The van der Waals surface area contributed by atoms with Crippen LogP contribution in [0.5, 0.6) is 0 Å². The minimum absolute atomic E-state index is 0.0479. The second-order valence-corrected chi connectivity index (χ2v) is 20.1. The molecule has 0 spiro atoms. The van der Waals surface area contributed by atoms with Gasteiger partial charge in [0, 0.05) is 56.3 Å². The zero-order chi connectivity index (χ0) is 32.6. The lowest BCUT2D eigenvalue weighted by molar-refractivity contribution is -0.116. The van der Waals surface area contributed by atoms with Crippen LogP contribution in [0, 0.1) is 11.7 Å². The number of amides is 2. The Kier molecular flexibility index (Phi) is 12.8. The Morgan fingerprint density at radius 2 is 1.93 bits per heavy atom. The van der Waals surface area contributed by atoms with Crippen molar-refractivity contribution in [2.45, 2.75) is 76.2 Å². The van der Waals surface area contributed by atoms with E-state index >= 15 is 8.78 Å². The number of nitrogens with zero attached hydrogens (tertiary/aromatic N) is 2. The van der Waals surface area contributed by atoms with E-state index in [4.69, 9.17) is 24.9 Å². The summed E-state index contributed by atoms with van der Waals surface area (Å²) in [7, 11) is 0.0914. The maximum atomic E-state index is 15.5. The number of hydrogen-bond acceptors (Lipinski definition) is 8. The zero-order valence-electron chi connectivity index (χ0n) is 26.9. The van der Waals surface area contributed by atoms with Crippen LogP contribution in [0.2, 0.25) is 25.7 Å². The molecule has 0 unspecified atom stereocenters. The van der Waals surface area contributed by atoms with Crippen LogP contribution in [-0.4, -0.2) is 80.8 Å². The van der Waals surface area contributed by atoms with E-state index in [1.807, 2.05) is 0 Å². The fourth-order valence-electron chi connectivity index (χ4n) is 4.34. The first-order valence-corrected chi connectivity index (χ1v) is 18.8. The molecule has 1 aromatic rings. The Hall–Kier alpha value is -2.48. The van der Waals surface area contributed by atoms with E-state index in [0.29, 0.717) is 19.8 Å². The van der Waals surface area contributed by atoms with Crippen molar-refractivity contribution in [2.75, 3.05) is 46.0 Å². The first-order valence-electron chi connectivity index (χ1n) is 14.3. The number of hydrogen-bond donors (Lipinski definition) is 2. The van der Waals surface area contributed by atoms with Gasteiger partial charge in [0.05, 0.1) is 6.61 Å². The Bertz CT molecular complexity index is 1190. The maximum Gasteiger partial charge on any atom is 0.418 e. The lowest BCUT2D eigenvalue weighted by Gasteiger charge is -2.48. The molecular weight excluding hydrogens is 595 g/mol. The number of carbonyl (C=O) groups is 2. The predicted octanol–water partition coefficient (Wildman–Crippen LogP) is 5.94. The van der Waals surface area contributed by atoms with E-state index in [0.717, 1.165) is 17.8 Å². The fourth-order valence-corrected chi connectivity index (χ4v) is 6.45. The molecule has 0 radical (unpaired) electrons.